The van der Waals surface area contributed by atoms with Crippen molar-refractivity contribution in [3.05, 3.63) is 72.3 Å². The van der Waals surface area contributed by atoms with Gasteiger partial charge < -0.3 is 4.18 Å². The van der Waals surface area contributed by atoms with Gasteiger partial charge in [-0.2, -0.15) is 8.42 Å². The van der Waals surface area contributed by atoms with Gasteiger partial charge in [-0.15, -0.1) is 0 Å². The first-order valence-corrected chi connectivity index (χ1v) is 7.98. The second-order valence-electron chi connectivity index (χ2n) is 4.70. The van der Waals surface area contributed by atoms with Crippen LogP contribution in [0.5, 0.6) is 5.75 Å². The van der Waals surface area contributed by atoms with Crippen molar-refractivity contribution < 1.29 is 17.4 Å². The number of fused-ring (bicyclic) bond motifs is 1. The van der Waals surface area contributed by atoms with Crippen molar-refractivity contribution in [2.24, 2.45) is 0 Å². The zero-order valence-electron chi connectivity index (χ0n) is 11.5. The van der Waals surface area contributed by atoms with Crippen molar-refractivity contribution in [1.82, 2.24) is 0 Å². The molecule has 0 saturated heterocycles. The van der Waals surface area contributed by atoms with Crippen molar-refractivity contribution in [3.63, 3.8) is 0 Å². The maximum Gasteiger partial charge on any atom is 0.339 e. The van der Waals surface area contributed by atoms with E-state index in [2.05, 4.69) is 0 Å². The van der Waals surface area contributed by atoms with E-state index in [4.69, 9.17) is 4.18 Å². The van der Waals surface area contributed by atoms with E-state index in [9.17, 15) is 13.2 Å². The third-order valence-corrected chi connectivity index (χ3v) is 4.49. The van der Waals surface area contributed by atoms with Crippen molar-refractivity contribution in [1.29, 1.82) is 0 Å². The van der Waals surface area contributed by atoms with Crippen LogP contribution in [0.4, 0.5) is 0 Å². The number of carbonyl (C=O) groups excluding carboxylic acids is 1. The van der Waals surface area contributed by atoms with Gasteiger partial charge in [-0.05, 0) is 35.0 Å². The number of carbonyl (C=O) groups is 1. The Morgan fingerprint density at radius 3 is 2.27 bits per heavy atom. The molecule has 0 aliphatic rings. The Morgan fingerprint density at radius 2 is 1.50 bits per heavy atom. The van der Waals surface area contributed by atoms with Gasteiger partial charge in [0.1, 0.15) is 4.90 Å². The maximum atomic E-state index is 12.4. The smallest absolute Gasteiger partial charge is 0.339 e. The first-order valence-electron chi connectivity index (χ1n) is 6.58. The van der Waals surface area contributed by atoms with Crippen LogP contribution in [0.3, 0.4) is 0 Å². The molecule has 0 amide bonds. The molecular formula is C17H12O4S. The Kier molecular flexibility index (Phi) is 3.65. The van der Waals surface area contributed by atoms with Crippen LogP contribution in [0, 0.1) is 0 Å². The number of aldehydes is 1. The highest BCUT2D eigenvalue weighted by Gasteiger charge is 2.18. The average Bonchev–Trinajstić information content (AvgIpc) is 2.54. The van der Waals surface area contributed by atoms with Gasteiger partial charge in [-0.3, -0.25) is 4.79 Å². The lowest BCUT2D eigenvalue weighted by Crippen LogP contribution is -2.10. The summed E-state index contributed by atoms with van der Waals surface area (Å²) in [4.78, 5) is 11.0. The molecule has 0 atom stereocenters. The summed E-state index contributed by atoms with van der Waals surface area (Å²) in [5.41, 5.74) is 0.187. The Bertz CT molecular complexity index is 946. The van der Waals surface area contributed by atoms with E-state index in [0.717, 1.165) is 10.8 Å². The predicted octanol–water partition coefficient (Wildman–Crippen LogP) is 3.42. The van der Waals surface area contributed by atoms with Gasteiger partial charge in [0, 0.05) is 0 Å². The molecule has 110 valence electrons. The lowest BCUT2D eigenvalue weighted by molar-refractivity contribution is 0.112. The standard InChI is InChI=1S/C17H12O4S/c18-12-15-7-3-4-8-17(15)21-22(19,20)16-10-9-13-5-1-2-6-14(13)11-16/h1-12H. The van der Waals surface area contributed by atoms with E-state index in [1.807, 2.05) is 24.3 Å². The number of benzene rings is 3. The summed E-state index contributed by atoms with van der Waals surface area (Å²) in [5.74, 6) is 0.0191. The predicted molar refractivity (Wildman–Crippen MR) is 83.6 cm³/mol. The fourth-order valence-corrected chi connectivity index (χ4v) is 3.13. The second kappa shape index (κ2) is 5.61. The molecule has 4 nitrogen and oxygen atoms in total. The minimum Gasteiger partial charge on any atom is -0.378 e. The Balaban J connectivity index is 2.02. The van der Waals surface area contributed by atoms with Crippen molar-refractivity contribution in [2.45, 2.75) is 4.90 Å². The third kappa shape index (κ3) is 2.71. The van der Waals surface area contributed by atoms with Crippen LogP contribution in [0.25, 0.3) is 10.8 Å². The molecule has 0 aliphatic heterocycles. The van der Waals surface area contributed by atoms with Crippen molar-refractivity contribution >= 4 is 27.2 Å². The molecule has 0 fully saturated rings. The normalized spacial score (nSPS) is 11.3. The highest BCUT2D eigenvalue weighted by Crippen LogP contribution is 2.24. The molecule has 0 aliphatic carbocycles. The molecule has 0 aromatic heterocycles. The molecule has 0 bridgehead atoms. The van der Waals surface area contributed by atoms with E-state index in [1.165, 1.54) is 18.2 Å². The van der Waals surface area contributed by atoms with E-state index >= 15 is 0 Å². The number of hydrogen-bond donors (Lipinski definition) is 0. The van der Waals surface area contributed by atoms with Crippen LogP contribution in [0.2, 0.25) is 0 Å². The van der Waals surface area contributed by atoms with Crippen LogP contribution in [-0.4, -0.2) is 14.7 Å². The Morgan fingerprint density at radius 1 is 0.818 bits per heavy atom. The minimum absolute atomic E-state index is 0.0191. The molecule has 3 rings (SSSR count). The van der Waals surface area contributed by atoms with Gasteiger partial charge in [0.05, 0.1) is 5.56 Å². The topological polar surface area (TPSA) is 60.4 Å². The summed E-state index contributed by atoms with van der Waals surface area (Å²) < 4.78 is 29.9. The monoisotopic (exact) mass is 312 g/mol. The molecule has 0 saturated carbocycles. The van der Waals surface area contributed by atoms with E-state index in [0.29, 0.717) is 6.29 Å². The fraction of sp³-hybridized carbons (Fsp3) is 0. The van der Waals surface area contributed by atoms with E-state index in [-0.39, 0.29) is 16.2 Å². The summed E-state index contributed by atoms with van der Waals surface area (Å²) >= 11 is 0. The maximum absolute atomic E-state index is 12.4. The number of para-hydroxylation sites is 1. The van der Waals surface area contributed by atoms with Crippen LogP contribution in [0.1, 0.15) is 10.4 Å². The molecular weight excluding hydrogens is 300 g/mol. The van der Waals surface area contributed by atoms with E-state index in [1.54, 1.807) is 24.3 Å². The molecule has 22 heavy (non-hydrogen) atoms. The lowest BCUT2D eigenvalue weighted by Gasteiger charge is -2.09. The average molecular weight is 312 g/mol. The molecule has 3 aromatic rings. The second-order valence-corrected chi connectivity index (χ2v) is 6.25. The van der Waals surface area contributed by atoms with Gasteiger partial charge in [0.2, 0.25) is 0 Å². The first kappa shape index (κ1) is 14.3. The quantitative estimate of drug-likeness (QED) is 0.547. The zero-order valence-corrected chi connectivity index (χ0v) is 12.3. The van der Waals surface area contributed by atoms with Gasteiger partial charge in [-0.25, -0.2) is 0 Å². The molecule has 0 unspecified atom stereocenters. The lowest BCUT2D eigenvalue weighted by atomic mass is 10.1. The van der Waals surface area contributed by atoms with Gasteiger partial charge >= 0.3 is 10.1 Å². The highest BCUT2D eigenvalue weighted by atomic mass is 32.2. The Labute approximate surface area is 128 Å². The van der Waals surface area contributed by atoms with Crippen LogP contribution >= 0.6 is 0 Å². The molecule has 0 spiro atoms. The van der Waals surface area contributed by atoms with Gasteiger partial charge in [0.25, 0.3) is 0 Å². The molecule has 0 radical (unpaired) electrons. The van der Waals surface area contributed by atoms with Gasteiger partial charge in [0.15, 0.2) is 12.0 Å². The summed E-state index contributed by atoms with van der Waals surface area (Å²) in [6, 6.07) is 18.4. The molecule has 0 heterocycles. The van der Waals surface area contributed by atoms with Crippen molar-refractivity contribution in [3.8, 4) is 5.75 Å². The third-order valence-electron chi connectivity index (χ3n) is 3.26. The number of hydrogen-bond acceptors (Lipinski definition) is 4. The zero-order chi connectivity index (χ0) is 15.6. The molecule has 5 heteroatoms. The van der Waals surface area contributed by atoms with Gasteiger partial charge in [-0.1, -0.05) is 42.5 Å². The molecule has 0 N–H and O–H groups in total. The minimum atomic E-state index is -4.00. The summed E-state index contributed by atoms with van der Waals surface area (Å²) in [6.07, 6.45) is 0.561. The summed E-state index contributed by atoms with van der Waals surface area (Å²) in [7, 11) is -4.00. The van der Waals surface area contributed by atoms with E-state index < -0.39 is 10.1 Å². The highest BCUT2D eigenvalue weighted by molar-refractivity contribution is 7.87. The summed E-state index contributed by atoms with van der Waals surface area (Å²) in [5, 5.41) is 1.74. The van der Waals surface area contributed by atoms with Crippen LogP contribution in [0.15, 0.2) is 71.6 Å². The first-order chi connectivity index (χ1) is 10.6. The van der Waals surface area contributed by atoms with Crippen LogP contribution < -0.4 is 4.18 Å². The van der Waals surface area contributed by atoms with Crippen LogP contribution in [-0.2, 0) is 10.1 Å². The largest absolute Gasteiger partial charge is 0.378 e. The fourth-order valence-electron chi connectivity index (χ4n) is 2.14. The summed E-state index contributed by atoms with van der Waals surface area (Å²) in [6.45, 7) is 0. The SMILES string of the molecule is O=Cc1ccccc1OS(=O)(=O)c1ccc2ccccc2c1. The number of rotatable bonds is 4. The van der Waals surface area contributed by atoms with Crippen molar-refractivity contribution in [2.75, 3.05) is 0 Å². The Hall–Kier alpha value is -2.66. The molecule has 3 aromatic carbocycles.